The summed E-state index contributed by atoms with van der Waals surface area (Å²) in [5.74, 6) is 0.775. The number of rotatable bonds is 6. The summed E-state index contributed by atoms with van der Waals surface area (Å²) >= 11 is 5.92. The van der Waals surface area contributed by atoms with Gasteiger partial charge >= 0.3 is 5.97 Å². The molecule has 0 amide bonds. The topological polar surface area (TPSA) is 89.0 Å². The van der Waals surface area contributed by atoms with Gasteiger partial charge in [-0.3, -0.25) is 0 Å². The van der Waals surface area contributed by atoms with Gasteiger partial charge in [-0.1, -0.05) is 23.7 Å². The predicted molar refractivity (Wildman–Crippen MR) is 117 cm³/mol. The van der Waals surface area contributed by atoms with Gasteiger partial charge in [-0.25, -0.2) is 19.7 Å². The number of benzene rings is 2. The molecule has 0 saturated heterocycles. The Balaban J connectivity index is 1.51. The molecule has 2 aromatic carbocycles. The maximum Gasteiger partial charge on any atom is 0.337 e. The van der Waals surface area contributed by atoms with Gasteiger partial charge in [-0.05, 0) is 48.0 Å². The van der Waals surface area contributed by atoms with Crippen molar-refractivity contribution in [1.82, 2.24) is 15.0 Å². The molecule has 0 aliphatic carbocycles. The molecular formula is C22H18ClN5O2. The molecule has 30 heavy (non-hydrogen) atoms. The second-order valence-corrected chi connectivity index (χ2v) is 6.90. The van der Waals surface area contributed by atoms with Crippen LogP contribution in [0.1, 0.15) is 15.9 Å². The largest absolute Gasteiger partial charge is 0.465 e. The standard InChI is InChI=1S/C22H18ClN5O2/c1-30-21(29)15-4-8-17(9-5-15)27-20-18-13-26-22(28-19(18)10-11-24-20)25-12-14-2-6-16(23)7-3-14/h2-11,13H,12H2,1H3,(H,24,27)(H,25,26,28). The lowest BCUT2D eigenvalue weighted by molar-refractivity contribution is 0.0601. The zero-order chi connectivity index (χ0) is 20.9. The first-order chi connectivity index (χ1) is 14.6. The number of methoxy groups -OCH3 is 1. The van der Waals surface area contributed by atoms with Crippen molar-refractivity contribution >= 4 is 45.9 Å². The van der Waals surface area contributed by atoms with E-state index in [0.717, 1.165) is 22.2 Å². The number of nitrogens with one attached hydrogen (secondary N) is 2. The summed E-state index contributed by atoms with van der Waals surface area (Å²) in [5, 5.41) is 7.94. The van der Waals surface area contributed by atoms with Gasteiger partial charge < -0.3 is 15.4 Å². The molecule has 0 bridgehead atoms. The maximum absolute atomic E-state index is 11.6. The molecule has 0 spiro atoms. The maximum atomic E-state index is 11.6. The van der Waals surface area contributed by atoms with Crippen molar-refractivity contribution in [3.8, 4) is 0 Å². The van der Waals surface area contributed by atoms with Gasteiger partial charge in [0, 0.05) is 29.6 Å². The molecule has 4 rings (SSSR count). The molecule has 2 heterocycles. The monoisotopic (exact) mass is 419 g/mol. The average Bonchev–Trinajstić information content (AvgIpc) is 2.78. The van der Waals surface area contributed by atoms with E-state index >= 15 is 0 Å². The molecule has 0 radical (unpaired) electrons. The summed E-state index contributed by atoms with van der Waals surface area (Å²) in [6.45, 7) is 0.589. The Morgan fingerprint density at radius 3 is 2.53 bits per heavy atom. The van der Waals surface area contributed by atoms with Gasteiger partial charge in [0.2, 0.25) is 5.95 Å². The Labute approximate surface area is 178 Å². The summed E-state index contributed by atoms with van der Waals surface area (Å²) < 4.78 is 4.72. The number of carbonyl (C=O) groups is 1. The lowest BCUT2D eigenvalue weighted by Gasteiger charge is -2.10. The average molecular weight is 420 g/mol. The number of esters is 1. The minimum Gasteiger partial charge on any atom is -0.465 e. The van der Waals surface area contributed by atoms with Crippen LogP contribution in [-0.2, 0) is 11.3 Å². The van der Waals surface area contributed by atoms with Crippen molar-refractivity contribution in [1.29, 1.82) is 0 Å². The number of aromatic nitrogens is 3. The first-order valence-corrected chi connectivity index (χ1v) is 9.55. The van der Waals surface area contributed by atoms with E-state index in [4.69, 9.17) is 16.3 Å². The Morgan fingerprint density at radius 2 is 1.80 bits per heavy atom. The fraction of sp³-hybridized carbons (Fsp3) is 0.0909. The third-order valence-corrected chi connectivity index (χ3v) is 4.69. The van der Waals surface area contributed by atoms with Crippen molar-refractivity contribution < 1.29 is 9.53 Å². The summed E-state index contributed by atoms with van der Waals surface area (Å²) in [6, 6.07) is 16.4. The highest BCUT2D eigenvalue weighted by atomic mass is 35.5. The Kier molecular flexibility index (Phi) is 5.72. The highest BCUT2D eigenvalue weighted by Gasteiger charge is 2.08. The quantitative estimate of drug-likeness (QED) is 0.433. The number of nitrogens with zero attached hydrogens (tertiary/aromatic N) is 3. The molecule has 8 heteroatoms. The van der Waals surface area contributed by atoms with Crippen LogP contribution in [0.2, 0.25) is 5.02 Å². The van der Waals surface area contributed by atoms with Crippen molar-refractivity contribution in [2.45, 2.75) is 6.54 Å². The van der Waals surface area contributed by atoms with Crippen molar-refractivity contribution in [2.24, 2.45) is 0 Å². The van der Waals surface area contributed by atoms with Crippen LogP contribution in [0.25, 0.3) is 10.9 Å². The van der Waals surface area contributed by atoms with Crippen LogP contribution in [0.15, 0.2) is 67.0 Å². The molecule has 0 aliphatic heterocycles. The van der Waals surface area contributed by atoms with E-state index in [0.29, 0.717) is 28.9 Å². The number of carbonyl (C=O) groups excluding carboxylic acids is 1. The van der Waals surface area contributed by atoms with Crippen LogP contribution < -0.4 is 10.6 Å². The van der Waals surface area contributed by atoms with Gasteiger partial charge in [-0.2, -0.15) is 0 Å². The molecule has 150 valence electrons. The number of hydrogen-bond donors (Lipinski definition) is 2. The van der Waals surface area contributed by atoms with Crippen LogP contribution >= 0.6 is 11.6 Å². The molecule has 0 atom stereocenters. The molecule has 0 aliphatic rings. The molecule has 0 unspecified atom stereocenters. The fourth-order valence-corrected chi connectivity index (χ4v) is 2.99. The highest BCUT2D eigenvalue weighted by molar-refractivity contribution is 6.30. The lowest BCUT2D eigenvalue weighted by Crippen LogP contribution is -2.04. The van der Waals surface area contributed by atoms with E-state index in [1.165, 1.54) is 7.11 Å². The van der Waals surface area contributed by atoms with E-state index in [9.17, 15) is 4.79 Å². The van der Waals surface area contributed by atoms with Crippen LogP contribution in [0, 0.1) is 0 Å². The first kappa shape index (κ1) is 19.6. The second kappa shape index (κ2) is 8.75. The summed E-state index contributed by atoms with van der Waals surface area (Å²) in [5.41, 5.74) is 3.10. The van der Waals surface area contributed by atoms with E-state index in [-0.39, 0.29) is 5.97 Å². The Bertz CT molecular complexity index is 1180. The fourth-order valence-electron chi connectivity index (χ4n) is 2.87. The van der Waals surface area contributed by atoms with Gasteiger partial charge in [-0.15, -0.1) is 0 Å². The number of pyridine rings is 1. The van der Waals surface area contributed by atoms with Crippen LogP contribution in [0.5, 0.6) is 0 Å². The SMILES string of the molecule is COC(=O)c1ccc(Nc2nccc3nc(NCc4ccc(Cl)cc4)ncc23)cc1. The lowest BCUT2D eigenvalue weighted by atomic mass is 10.2. The number of halogens is 1. The van der Waals surface area contributed by atoms with Crippen molar-refractivity contribution in [2.75, 3.05) is 17.7 Å². The Morgan fingerprint density at radius 1 is 1.03 bits per heavy atom. The molecule has 0 saturated carbocycles. The Hall–Kier alpha value is -3.71. The minimum absolute atomic E-state index is 0.378. The van der Waals surface area contributed by atoms with E-state index in [1.807, 2.05) is 30.3 Å². The van der Waals surface area contributed by atoms with E-state index < -0.39 is 0 Å². The number of hydrogen-bond acceptors (Lipinski definition) is 7. The van der Waals surface area contributed by atoms with Crippen LogP contribution in [-0.4, -0.2) is 28.0 Å². The predicted octanol–water partition coefficient (Wildman–Crippen LogP) is 4.82. The normalized spacial score (nSPS) is 10.6. The third-order valence-electron chi connectivity index (χ3n) is 4.44. The highest BCUT2D eigenvalue weighted by Crippen LogP contribution is 2.24. The van der Waals surface area contributed by atoms with Crippen molar-refractivity contribution in [3.63, 3.8) is 0 Å². The summed E-state index contributed by atoms with van der Waals surface area (Å²) in [6.07, 6.45) is 3.41. The number of ether oxygens (including phenoxy) is 1. The number of anilines is 3. The zero-order valence-corrected chi connectivity index (χ0v) is 16.8. The first-order valence-electron chi connectivity index (χ1n) is 9.18. The molecule has 7 nitrogen and oxygen atoms in total. The molecule has 0 fully saturated rings. The molecule has 2 aromatic heterocycles. The van der Waals surface area contributed by atoms with Gasteiger partial charge in [0.1, 0.15) is 5.82 Å². The number of fused-ring (bicyclic) bond motifs is 1. The van der Waals surface area contributed by atoms with Crippen molar-refractivity contribution in [3.05, 3.63) is 83.1 Å². The smallest absolute Gasteiger partial charge is 0.337 e. The van der Waals surface area contributed by atoms with Gasteiger partial charge in [0.05, 0.1) is 23.6 Å². The van der Waals surface area contributed by atoms with Crippen LogP contribution in [0.4, 0.5) is 17.5 Å². The van der Waals surface area contributed by atoms with Gasteiger partial charge in [0.15, 0.2) is 0 Å². The van der Waals surface area contributed by atoms with Crippen LogP contribution in [0.3, 0.4) is 0 Å². The summed E-state index contributed by atoms with van der Waals surface area (Å²) in [4.78, 5) is 24.9. The third kappa shape index (κ3) is 4.47. The van der Waals surface area contributed by atoms with E-state index in [1.54, 1.807) is 36.7 Å². The zero-order valence-electron chi connectivity index (χ0n) is 16.1. The second-order valence-electron chi connectivity index (χ2n) is 6.46. The van der Waals surface area contributed by atoms with E-state index in [2.05, 4.69) is 25.6 Å². The minimum atomic E-state index is -0.378. The molecule has 2 N–H and O–H groups in total. The van der Waals surface area contributed by atoms with Gasteiger partial charge in [0.25, 0.3) is 0 Å². The summed E-state index contributed by atoms with van der Waals surface area (Å²) in [7, 11) is 1.35. The molecule has 4 aromatic rings. The molecular weight excluding hydrogens is 402 g/mol.